The highest BCUT2D eigenvalue weighted by Gasteiger charge is 2.37. The van der Waals surface area contributed by atoms with Crippen molar-refractivity contribution in [1.82, 2.24) is 20.2 Å². The van der Waals surface area contributed by atoms with Crippen LogP contribution in [0.15, 0.2) is 42.9 Å². The molecule has 1 amide bonds. The zero-order valence-electron chi connectivity index (χ0n) is 16.8. The lowest BCUT2D eigenvalue weighted by atomic mass is 10.0. The first-order chi connectivity index (χ1) is 14.1. The Balaban J connectivity index is 1.28. The Kier molecular flexibility index (Phi) is 6.06. The number of amides is 1. The van der Waals surface area contributed by atoms with Crippen LogP contribution in [-0.4, -0.2) is 64.2 Å². The number of hydrogen-bond acceptors (Lipinski definition) is 6. The van der Waals surface area contributed by atoms with Gasteiger partial charge < -0.3 is 15.3 Å². The van der Waals surface area contributed by atoms with E-state index in [1.807, 2.05) is 29.2 Å². The fourth-order valence-electron chi connectivity index (χ4n) is 4.13. The number of β-amino-alcohol motifs (C(OH)–C–C–N with tert-alkyl or cyclic N) is 1. The summed E-state index contributed by atoms with van der Waals surface area (Å²) in [6, 6.07) is 7.81. The van der Waals surface area contributed by atoms with Crippen molar-refractivity contribution in [3.05, 3.63) is 54.0 Å². The topological polar surface area (TPSA) is 81.6 Å². The van der Waals surface area contributed by atoms with E-state index >= 15 is 0 Å². The normalized spacial score (nSPS) is 22.6. The molecule has 0 spiro atoms. The molecule has 7 heteroatoms. The van der Waals surface area contributed by atoms with Crippen LogP contribution in [0.25, 0.3) is 0 Å². The number of piperidine rings is 1. The number of carbonyl (C=O) groups is 1. The molecule has 1 aromatic heterocycles. The fourth-order valence-corrected chi connectivity index (χ4v) is 4.13. The highest BCUT2D eigenvalue weighted by molar-refractivity contribution is 5.94. The van der Waals surface area contributed by atoms with Gasteiger partial charge >= 0.3 is 0 Å². The minimum atomic E-state index is -0.957. The van der Waals surface area contributed by atoms with Crippen molar-refractivity contribution in [1.29, 1.82) is 0 Å². The van der Waals surface area contributed by atoms with Crippen molar-refractivity contribution >= 4 is 11.7 Å². The molecule has 2 aliphatic rings. The summed E-state index contributed by atoms with van der Waals surface area (Å²) >= 11 is 0. The maximum Gasteiger partial charge on any atom is 0.251 e. The SMILES string of the molecule is O=C(NCC1(O)CCN(c2cnccn2)C1)c1ccc(CN2CCCCC2)cc1. The van der Waals surface area contributed by atoms with E-state index in [1.54, 1.807) is 18.6 Å². The molecule has 2 aromatic rings. The molecular formula is C22H29N5O2. The first-order valence-corrected chi connectivity index (χ1v) is 10.4. The monoisotopic (exact) mass is 395 g/mol. The van der Waals surface area contributed by atoms with Crippen molar-refractivity contribution in [3.8, 4) is 0 Å². The van der Waals surface area contributed by atoms with Gasteiger partial charge in [-0.15, -0.1) is 0 Å². The van der Waals surface area contributed by atoms with Crippen LogP contribution in [0.5, 0.6) is 0 Å². The summed E-state index contributed by atoms with van der Waals surface area (Å²) in [7, 11) is 0. The molecule has 154 valence electrons. The van der Waals surface area contributed by atoms with Crippen molar-refractivity contribution in [2.45, 2.75) is 37.8 Å². The zero-order valence-corrected chi connectivity index (χ0v) is 16.8. The molecule has 0 bridgehead atoms. The average molecular weight is 396 g/mol. The number of nitrogens with one attached hydrogen (secondary N) is 1. The lowest BCUT2D eigenvalue weighted by Crippen LogP contribution is -2.45. The zero-order chi connectivity index (χ0) is 20.1. The molecular weight excluding hydrogens is 366 g/mol. The van der Waals surface area contributed by atoms with Crippen molar-refractivity contribution < 1.29 is 9.90 Å². The van der Waals surface area contributed by atoms with Crippen LogP contribution >= 0.6 is 0 Å². The van der Waals surface area contributed by atoms with Crippen molar-refractivity contribution in [2.75, 3.05) is 37.6 Å². The molecule has 2 aliphatic heterocycles. The van der Waals surface area contributed by atoms with Crippen LogP contribution < -0.4 is 10.2 Å². The largest absolute Gasteiger partial charge is 0.386 e. The van der Waals surface area contributed by atoms with Gasteiger partial charge in [-0.25, -0.2) is 4.98 Å². The van der Waals surface area contributed by atoms with E-state index in [-0.39, 0.29) is 12.5 Å². The van der Waals surface area contributed by atoms with E-state index in [0.29, 0.717) is 25.1 Å². The van der Waals surface area contributed by atoms with Crippen LogP contribution in [0.1, 0.15) is 41.6 Å². The number of likely N-dealkylation sites (tertiary alicyclic amines) is 1. The van der Waals surface area contributed by atoms with Gasteiger partial charge in [0.05, 0.1) is 6.20 Å². The summed E-state index contributed by atoms with van der Waals surface area (Å²) in [6.07, 6.45) is 9.43. The number of carbonyl (C=O) groups excluding carboxylic acids is 1. The molecule has 4 rings (SSSR count). The maximum atomic E-state index is 12.5. The number of benzene rings is 1. The molecule has 1 aromatic carbocycles. The Morgan fingerprint density at radius 1 is 1.10 bits per heavy atom. The Hall–Kier alpha value is -2.51. The maximum absolute atomic E-state index is 12.5. The average Bonchev–Trinajstić information content (AvgIpc) is 3.16. The molecule has 0 radical (unpaired) electrons. The number of nitrogens with zero attached hydrogens (tertiary/aromatic N) is 4. The number of aliphatic hydroxyl groups is 1. The summed E-state index contributed by atoms with van der Waals surface area (Å²) in [5, 5.41) is 13.7. The Labute approximate surface area is 171 Å². The third-order valence-corrected chi connectivity index (χ3v) is 5.85. The summed E-state index contributed by atoms with van der Waals surface area (Å²) in [4.78, 5) is 25.3. The van der Waals surface area contributed by atoms with Crippen LogP contribution in [-0.2, 0) is 6.54 Å². The third-order valence-electron chi connectivity index (χ3n) is 5.85. The predicted molar refractivity (Wildman–Crippen MR) is 112 cm³/mol. The van der Waals surface area contributed by atoms with Crippen molar-refractivity contribution in [3.63, 3.8) is 0 Å². The minimum absolute atomic E-state index is 0.152. The standard InChI is InChI=1S/C22H29N5O2/c28-21(19-6-4-18(5-7-19)15-26-11-2-1-3-12-26)25-16-22(29)8-13-27(17-22)20-14-23-9-10-24-20/h4-7,9-10,14,29H,1-3,8,11-13,15-17H2,(H,25,28). The van der Waals surface area contributed by atoms with E-state index in [4.69, 9.17) is 0 Å². The molecule has 1 atom stereocenters. The third kappa shape index (κ3) is 5.10. The number of anilines is 1. The molecule has 2 N–H and O–H groups in total. The molecule has 7 nitrogen and oxygen atoms in total. The van der Waals surface area contributed by atoms with E-state index in [0.717, 1.165) is 25.5 Å². The number of hydrogen-bond donors (Lipinski definition) is 2. The van der Waals surface area contributed by atoms with E-state index in [9.17, 15) is 9.90 Å². The Morgan fingerprint density at radius 2 is 1.90 bits per heavy atom. The Bertz CT molecular complexity index is 808. The van der Waals surface area contributed by atoms with Gasteiger partial charge in [0.2, 0.25) is 0 Å². The van der Waals surface area contributed by atoms with E-state index < -0.39 is 5.60 Å². The highest BCUT2D eigenvalue weighted by Crippen LogP contribution is 2.24. The van der Waals surface area contributed by atoms with E-state index in [1.165, 1.54) is 24.8 Å². The molecule has 0 aliphatic carbocycles. The minimum Gasteiger partial charge on any atom is -0.386 e. The second kappa shape index (κ2) is 8.88. The molecule has 2 fully saturated rings. The fraction of sp³-hybridized carbons (Fsp3) is 0.500. The first-order valence-electron chi connectivity index (χ1n) is 10.4. The smallest absolute Gasteiger partial charge is 0.251 e. The second-order valence-electron chi connectivity index (χ2n) is 8.18. The lowest BCUT2D eigenvalue weighted by Gasteiger charge is -2.26. The van der Waals surface area contributed by atoms with Crippen LogP contribution in [0.2, 0.25) is 0 Å². The van der Waals surface area contributed by atoms with Gasteiger partial charge in [0.25, 0.3) is 5.91 Å². The Morgan fingerprint density at radius 3 is 2.62 bits per heavy atom. The van der Waals surface area contributed by atoms with Crippen LogP contribution in [0.4, 0.5) is 5.82 Å². The molecule has 2 saturated heterocycles. The quantitative estimate of drug-likeness (QED) is 0.777. The summed E-state index contributed by atoms with van der Waals surface area (Å²) < 4.78 is 0. The molecule has 29 heavy (non-hydrogen) atoms. The molecule has 1 unspecified atom stereocenters. The van der Waals surface area contributed by atoms with Gasteiger partial charge in [-0.05, 0) is 50.0 Å². The molecule has 3 heterocycles. The first kappa shape index (κ1) is 19.8. The predicted octanol–water partition coefficient (Wildman–Crippen LogP) is 1.83. The van der Waals surface area contributed by atoms with Gasteiger partial charge in [-0.2, -0.15) is 0 Å². The van der Waals surface area contributed by atoms with Gasteiger partial charge in [-0.3, -0.25) is 14.7 Å². The highest BCUT2D eigenvalue weighted by atomic mass is 16.3. The number of aromatic nitrogens is 2. The van der Waals surface area contributed by atoms with Crippen LogP contribution in [0, 0.1) is 0 Å². The molecule has 0 saturated carbocycles. The van der Waals surface area contributed by atoms with Gasteiger partial charge in [0.1, 0.15) is 11.4 Å². The van der Waals surface area contributed by atoms with Crippen molar-refractivity contribution in [2.24, 2.45) is 0 Å². The summed E-state index contributed by atoms with van der Waals surface area (Å²) in [5.41, 5.74) is 0.902. The lowest BCUT2D eigenvalue weighted by molar-refractivity contribution is 0.0575. The van der Waals surface area contributed by atoms with Gasteiger partial charge in [-0.1, -0.05) is 18.6 Å². The summed E-state index contributed by atoms with van der Waals surface area (Å²) in [5.74, 6) is 0.597. The summed E-state index contributed by atoms with van der Waals surface area (Å²) in [6.45, 7) is 4.60. The van der Waals surface area contributed by atoms with Gasteiger partial charge in [0.15, 0.2) is 0 Å². The van der Waals surface area contributed by atoms with Crippen LogP contribution in [0.3, 0.4) is 0 Å². The van der Waals surface area contributed by atoms with E-state index in [2.05, 4.69) is 20.2 Å². The second-order valence-corrected chi connectivity index (χ2v) is 8.18. The number of rotatable bonds is 6. The van der Waals surface area contributed by atoms with Gasteiger partial charge in [0, 0.05) is 44.1 Å².